The molecule has 2 amide bonds. The number of carbonyl (C=O) groups excluding carboxylic acids is 2. The molecule has 3 aromatic rings. The van der Waals surface area contributed by atoms with Gasteiger partial charge in [-0.25, -0.2) is 8.42 Å². The van der Waals surface area contributed by atoms with Gasteiger partial charge in [-0.15, -0.1) is 0 Å². The minimum Gasteiger partial charge on any atom is -0.352 e. The standard InChI is InChI=1S/C30H35Cl2N3O4S/c1-6-22(4)33-30(37)23(5)34(18-24-9-7-8-21(3)16-24)29(36)19-35(28-17-25(31)12-15-27(28)32)40(38,39)26-13-10-20(2)11-14-26/h7-17,22-23H,6,18-19H2,1-5H3,(H,33,37)/t22-,23+/m0/s1. The predicted molar refractivity (Wildman–Crippen MR) is 161 cm³/mol. The Labute approximate surface area is 247 Å². The average Bonchev–Trinajstić information content (AvgIpc) is 2.91. The average molecular weight is 605 g/mol. The molecule has 214 valence electrons. The Kier molecular flexibility index (Phi) is 10.6. The Morgan fingerprint density at radius 2 is 1.60 bits per heavy atom. The van der Waals surface area contributed by atoms with Gasteiger partial charge in [-0.1, -0.05) is 77.7 Å². The van der Waals surface area contributed by atoms with Crippen LogP contribution < -0.4 is 9.62 Å². The maximum Gasteiger partial charge on any atom is 0.264 e. The van der Waals surface area contributed by atoms with E-state index in [0.29, 0.717) is 0 Å². The van der Waals surface area contributed by atoms with Crippen LogP contribution in [0.5, 0.6) is 0 Å². The summed E-state index contributed by atoms with van der Waals surface area (Å²) in [5, 5.41) is 3.29. The molecule has 0 fully saturated rings. The quantitative estimate of drug-likeness (QED) is 0.285. The molecule has 0 bridgehead atoms. The van der Waals surface area contributed by atoms with E-state index in [1.165, 1.54) is 35.2 Å². The van der Waals surface area contributed by atoms with Crippen molar-refractivity contribution in [3.05, 3.63) is 93.5 Å². The fraction of sp³-hybridized carbons (Fsp3) is 0.333. The van der Waals surface area contributed by atoms with Crippen molar-refractivity contribution in [3.8, 4) is 0 Å². The number of amides is 2. The second-order valence-electron chi connectivity index (χ2n) is 9.93. The Bertz CT molecular complexity index is 1460. The number of benzene rings is 3. The number of anilines is 1. The summed E-state index contributed by atoms with van der Waals surface area (Å²) in [5.74, 6) is -0.899. The van der Waals surface area contributed by atoms with E-state index < -0.39 is 28.5 Å². The molecule has 10 heteroatoms. The number of hydrogen-bond acceptors (Lipinski definition) is 4. The van der Waals surface area contributed by atoms with Gasteiger partial charge >= 0.3 is 0 Å². The first-order valence-corrected chi connectivity index (χ1v) is 15.2. The lowest BCUT2D eigenvalue weighted by Gasteiger charge is -2.32. The van der Waals surface area contributed by atoms with Gasteiger partial charge < -0.3 is 10.2 Å². The summed E-state index contributed by atoms with van der Waals surface area (Å²) in [7, 11) is -4.25. The summed E-state index contributed by atoms with van der Waals surface area (Å²) >= 11 is 12.7. The van der Waals surface area contributed by atoms with Crippen molar-refractivity contribution >= 4 is 50.7 Å². The smallest absolute Gasteiger partial charge is 0.264 e. The van der Waals surface area contributed by atoms with Gasteiger partial charge in [0.2, 0.25) is 11.8 Å². The molecule has 3 rings (SSSR count). The van der Waals surface area contributed by atoms with Crippen molar-refractivity contribution in [2.75, 3.05) is 10.8 Å². The van der Waals surface area contributed by atoms with E-state index in [4.69, 9.17) is 23.2 Å². The molecule has 2 atom stereocenters. The molecule has 3 aromatic carbocycles. The third-order valence-electron chi connectivity index (χ3n) is 6.67. The van der Waals surface area contributed by atoms with E-state index >= 15 is 0 Å². The highest BCUT2D eigenvalue weighted by Gasteiger charge is 2.33. The van der Waals surface area contributed by atoms with Gasteiger partial charge in [0.05, 0.1) is 15.6 Å². The van der Waals surface area contributed by atoms with Gasteiger partial charge in [-0.05, 0) is 70.0 Å². The molecule has 0 aromatic heterocycles. The van der Waals surface area contributed by atoms with Crippen molar-refractivity contribution in [1.82, 2.24) is 10.2 Å². The number of rotatable bonds is 11. The number of nitrogens with zero attached hydrogens (tertiary/aromatic N) is 2. The van der Waals surface area contributed by atoms with Gasteiger partial charge in [-0.2, -0.15) is 0 Å². The van der Waals surface area contributed by atoms with E-state index in [2.05, 4.69) is 5.32 Å². The van der Waals surface area contributed by atoms with Crippen LogP contribution >= 0.6 is 23.2 Å². The lowest BCUT2D eigenvalue weighted by atomic mass is 10.1. The van der Waals surface area contributed by atoms with Crippen LogP contribution in [0.2, 0.25) is 10.0 Å². The number of hydrogen-bond donors (Lipinski definition) is 1. The van der Waals surface area contributed by atoms with E-state index in [1.807, 2.05) is 52.0 Å². The highest BCUT2D eigenvalue weighted by atomic mass is 35.5. The minimum absolute atomic E-state index is 0.00487. The van der Waals surface area contributed by atoms with Crippen molar-refractivity contribution in [1.29, 1.82) is 0 Å². The zero-order chi connectivity index (χ0) is 29.6. The van der Waals surface area contributed by atoms with Crippen LogP contribution in [0.4, 0.5) is 5.69 Å². The molecule has 0 saturated heterocycles. The molecule has 0 aliphatic heterocycles. The minimum atomic E-state index is -4.25. The molecule has 0 radical (unpaired) electrons. The van der Waals surface area contributed by atoms with Crippen molar-refractivity contribution < 1.29 is 18.0 Å². The molecule has 1 N–H and O–H groups in total. The fourth-order valence-electron chi connectivity index (χ4n) is 4.08. The molecule has 0 spiro atoms. The summed E-state index contributed by atoms with van der Waals surface area (Å²) in [4.78, 5) is 28.5. The first kappa shape index (κ1) is 31.5. The lowest BCUT2D eigenvalue weighted by molar-refractivity contribution is -0.139. The van der Waals surface area contributed by atoms with E-state index in [-0.39, 0.29) is 39.1 Å². The Balaban J connectivity index is 2.07. The van der Waals surface area contributed by atoms with Crippen LogP contribution in [-0.2, 0) is 26.2 Å². The number of halogens is 2. The van der Waals surface area contributed by atoms with E-state index in [1.54, 1.807) is 19.1 Å². The summed E-state index contributed by atoms with van der Waals surface area (Å²) in [6, 6.07) is 17.4. The predicted octanol–water partition coefficient (Wildman–Crippen LogP) is 6.14. The molecular weight excluding hydrogens is 569 g/mol. The zero-order valence-corrected chi connectivity index (χ0v) is 25.6. The van der Waals surface area contributed by atoms with Crippen LogP contribution in [0.3, 0.4) is 0 Å². The number of sulfonamides is 1. The monoisotopic (exact) mass is 603 g/mol. The van der Waals surface area contributed by atoms with E-state index in [9.17, 15) is 18.0 Å². The van der Waals surface area contributed by atoms with Crippen molar-refractivity contribution in [3.63, 3.8) is 0 Å². The molecule has 0 aliphatic carbocycles. The lowest BCUT2D eigenvalue weighted by Crippen LogP contribution is -2.52. The van der Waals surface area contributed by atoms with Crippen LogP contribution in [0.1, 0.15) is 43.9 Å². The SMILES string of the molecule is CC[C@H](C)NC(=O)[C@@H](C)N(Cc1cccc(C)c1)C(=O)CN(c1cc(Cl)ccc1Cl)S(=O)(=O)c1ccc(C)cc1. The number of nitrogens with one attached hydrogen (secondary N) is 1. The Morgan fingerprint density at radius 1 is 0.925 bits per heavy atom. The maximum atomic E-state index is 14.0. The highest BCUT2D eigenvalue weighted by molar-refractivity contribution is 7.92. The number of aryl methyl sites for hydroxylation is 2. The van der Waals surface area contributed by atoms with Crippen LogP contribution in [0.25, 0.3) is 0 Å². The van der Waals surface area contributed by atoms with Gasteiger partial charge in [0, 0.05) is 17.6 Å². The third kappa shape index (κ3) is 7.77. The molecule has 7 nitrogen and oxygen atoms in total. The zero-order valence-electron chi connectivity index (χ0n) is 23.3. The second kappa shape index (κ2) is 13.5. The summed E-state index contributed by atoms with van der Waals surface area (Å²) in [6.07, 6.45) is 0.722. The van der Waals surface area contributed by atoms with Gasteiger partial charge in [0.1, 0.15) is 12.6 Å². The van der Waals surface area contributed by atoms with Crippen molar-refractivity contribution in [2.24, 2.45) is 0 Å². The summed E-state index contributed by atoms with van der Waals surface area (Å²) in [6.45, 7) is 8.77. The van der Waals surface area contributed by atoms with Gasteiger partial charge in [0.25, 0.3) is 10.0 Å². The van der Waals surface area contributed by atoms with Gasteiger partial charge in [0.15, 0.2) is 0 Å². The van der Waals surface area contributed by atoms with Gasteiger partial charge in [-0.3, -0.25) is 13.9 Å². The first-order chi connectivity index (χ1) is 18.8. The third-order valence-corrected chi connectivity index (χ3v) is 9.00. The second-order valence-corrected chi connectivity index (χ2v) is 12.6. The first-order valence-electron chi connectivity index (χ1n) is 13.0. The molecule has 0 unspecified atom stereocenters. The van der Waals surface area contributed by atoms with Crippen molar-refractivity contribution in [2.45, 2.75) is 64.6 Å². The number of carbonyl (C=O) groups is 2. The molecule has 40 heavy (non-hydrogen) atoms. The Morgan fingerprint density at radius 3 is 2.23 bits per heavy atom. The largest absolute Gasteiger partial charge is 0.352 e. The summed E-state index contributed by atoms with van der Waals surface area (Å²) in [5.41, 5.74) is 2.75. The Hall–Kier alpha value is -3.07. The topological polar surface area (TPSA) is 86.8 Å². The molecule has 0 aliphatic rings. The maximum absolute atomic E-state index is 14.0. The molecule has 0 heterocycles. The molecule has 0 saturated carbocycles. The van der Waals surface area contributed by atoms with E-state index in [0.717, 1.165) is 27.4 Å². The molecular formula is C30H35Cl2N3O4S. The fourth-order valence-corrected chi connectivity index (χ4v) is 5.94. The van der Waals surface area contributed by atoms with Crippen LogP contribution in [0.15, 0.2) is 71.6 Å². The normalized spacial score (nSPS) is 12.9. The van der Waals surface area contributed by atoms with Crippen LogP contribution in [-0.4, -0.2) is 43.8 Å². The van der Waals surface area contributed by atoms with Crippen LogP contribution in [0, 0.1) is 13.8 Å². The summed E-state index contributed by atoms with van der Waals surface area (Å²) < 4.78 is 28.8. The highest BCUT2D eigenvalue weighted by Crippen LogP contribution is 2.33.